The Morgan fingerprint density at radius 3 is 2.60 bits per heavy atom. The van der Waals surface area contributed by atoms with Gasteiger partial charge in [0.2, 0.25) is 0 Å². The molecule has 0 aromatic heterocycles. The molecule has 54 valence electrons. The van der Waals surface area contributed by atoms with Crippen LogP contribution in [0.25, 0.3) is 0 Å². The van der Waals surface area contributed by atoms with Crippen LogP contribution < -0.4 is 0 Å². The van der Waals surface area contributed by atoms with E-state index in [-0.39, 0.29) is 0 Å². The molecule has 0 fully saturated rings. The van der Waals surface area contributed by atoms with Crippen LogP contribution in [0.5, 0.6) is 0 Å². The molecule has 0 saturated heterocycles. The second-order valence-electron chi connectivity index (χ2n) is 1.91. The maximum absolute atomic E-state index is 7.12. The summed E-state index contributed by atoms with van der Waals surface area (Å²) in [6.07, 6.45) is 5.06. The van der Waals surface area contributed by atoms with Gasteiger partial charge in [0.05, 0.1) is 0 Å². The monoisotopic (exact) mass is 136 g/mol. The molecule has 10 heavy (non-hydrogen) atoms. The quantitative estimate of drug-likeness (QED) is 0.577. The first-order chi connectivity index (χ1) is 4.68. The molecule has 1 N–H and O–H groups in total. The number of allylic oxidation sites excluding steroid dienone is 2. The Morgan fingerprint density at radius 2 is 2.20 bits per heavy atom. The first-order valence-electron chi connectivity index (χ1n) is 3.07. The van der Waals surface area contributed by atoms with Crippen molar-refractivity contribution in [3.63, 3.8) is 0 Å². The maximum Gasteiger partial charge on any atom is 0.0364 e. The van der Waals surface area contributed by atoms with Crippen LogP contribution >= 0.6 is 0 Å². The van der Waals surface area contributed by atoms with E-state index < -0.39 is 0 Å². The highest BCUT2D eigenvalue weighted by molar-refractivity contribution is 6.12. The normalized spacial score (nSPS) is 11.0. The smallest absolute Gasteiger partial charge is 0.0364 e. The van der Waals surface area contributed by atoms with Gasteiger partial charge in [0, 0.05) is 23.7 Å². The number of hydrogen-bond acceptors (Lipinski definition) is 2. The van der Waals surface area contributed by atoms with Gasteiger partial charge in [-0.15, -0.1) is 0 Å². The number of nitrogens with one attached hydrogen (secondary N) is 1. The van der Waals surface area contributed by atoms with Crippen LogP contribution in [0.15, 0.2) is 29.4 Å². The van der Waals surface area contributed by atoms with Crippen molar-refractivity contribution < 1.29 is 0 Å². The number of rotatable bonds is 3. The van der Waals surface area contributed by atoms with E-state index in [2.05, 4.69) is 11.6 Å². The molecule has 0 aliphatic carbocycles. The molecular formula is C8H12N2. The van der Waals surface area contributed by atoms with Crippen molar-refractivity contribution in [3.05, 3.63) is 24.4 Å². The minimum Gasteiger partial charge on any atom is -0.305 e. The summed E-state index contributed by atoms with van der Waals surface area (Å²) in [4.78, 5) is 3.87. The van der Waals surface area contributed by atoms with Crippen LogP contribution in [-0.2, 0) is 0 Å². The summed E-state index contributed by atoms with van der Waals surface area (Å²) in [6, 6.07) is 0. The molecule has 0 aromatic rings. The molecule has 2 nitrogen and oxygen atoms in total. The Kier molecular flexibility index (Phi) is 4.12. The lowest BCUT2D eigenvalue weighted by Crippen LogP contribution is -1.93. The zero-order valence-electron chi connectivity index (χ0n) is 6.39. The Morgan fingerprint density at radius 1 is 1.60 bits per heavy atom. The topological polar surface area (TPSA) is 36.2 Å². The Hall–Kier alpha value is -1.18. The average Bonchev–Trinajstić information content (AvgIpc) is 1.88. The van der Waals surface area contributed by atoms with Crippen molar-refractivity contribution in [3.8, 4) is 0 Å². The van der Waals surface area contributed by atoms with Gasteiger partial charge in [-0.2, -0.15) is 0 Å². The maximum atomic E-state index is 7.12. The zero-order chi connectivity index (χ0) is 7.98. The molecule has 0 rings (SSSR count). The van der Waals surface area contributed by atoms with Crippen LogP contribution in [-0.4, -0.2) is 11.9 Å². The van der Waals surface area contributed by atoms with Gasteiger partial charge in [0.1, 0.15) is 0 Å². The molecule has 0 saturated carbocycles. The van der Waals surface area contributed by atoms with E-state index in [0.717, 1.165) is 0 Å². The lowest BCUT2D eigenvalue weighted by molar-refractivity contribution is 1.48. The van der Waals surface area contributed by atoms with E-state index in [1.165, 1.54) is 0 Å². The number of nitrogens with zero attached hydrogens (tertiary/aromatic N) is 1. The van der Waals surface area contributed by atoms with Crippen molar-refractivity contribution >= 4 is 11.9 Å². The molecule has 0 heterocycles. The second kappa shape index (κ2) is 4.68. The van der Waals surface area contributed by atoms with E-state index in [0.29, 0.717) is 11.3 Å². The highest BCUT2D eigenvalue weighted by Gasteiger charge is 1.87. The van der Waals surface area contributed by atoms with Gasteiger partial charge in [-0.3, -0.25) is 4.99 Å². The van der Waals surface area contributed by atoms with E-state index in [4.69, 9.17) is 5.41 Å². The van der Waals surface area contributed by atoms with Crippen LogP contribution in [0.1, 0.15) is 13.8 Å². The fourth-order valence-corrected chi connectivity index (χ4v) is 0.316. The molecule has 0 radical (unpaired) electrons. The summed E-state index contributed by atoms with van der Waals surface area (Å²) in [5, 5.41) is 7.12. The summed E-state index contributed by atoms with van der Waals surface area (Å²) in [6.45, 7) is 7.19. The van der Waals surface area contributed by atoms with Crippen molar-refractivity contribution in [1.82, 2.24) is 0 Å². The Labute approximate surface area is 61.5 Å². The lowest BCUT2D eigenvalue weighted by Gasteiger charge is -1.90. The van der Waals surface area contributed by atoms with Crippen molar-refractivity contribution in [2.75, 3.05) is 0 Å². The van der Waals surface area contributed by atoms with Gasteiger partial charge in [0.25, 0.3) is 0 Å². The molecule has 2 heteroatoms. The summed E-state index contributed by atoms with van der Waals surface area (Å²) >= 11 is 0. The Bertz CT molecular complexity index is 187. The van der Waals surface area contributed by atoms with Crippen LogP contribution in [0.2, 0.25) is 0 Å². The average molecular weight is 136 g/mol. The van der Waals surface area contributed by atoms with Gasteiger partial charge < -0.3 is 5.41 Å². The summed E-state index contributed by atoms with van der Waals surface area (Å²) in [5.41, 5.74) is 1.10. The van der Waals surface area contributed by atoms with Gasteiger partial charge in [-0.1, -0.05) is 12.7 Å². The van der Waals surface area contributed by atoms with Gasteiger partial charge >= 0.3 is 0 Å². The molecule has 0 aliphatic heterocycles. The third-order valence-electron chi connectivity index (χ3n) is 0.947. The molecule has 0 bridgehead atoms. The first kappa shape index (κ1) is 8.82. The van der Waals surface area contributed by atoms with E-state index in [1.54, 1.807) is 19.3 Å². The van der Waals surface area contributed by atoms with E-state index in [1.807, 2.05) is 13.0 Å². The second-order valence-corrected chi connectivity index (χ2v) is 1.91. The van der Waals surface area contributed by atoms with Crippen molar-refractivity contribution in [1.29, 1.82) is 5.41 Å². The third-order valence-corrected chi connectivity index (χ3v) is 0.947. The highest BCUT2D eigenvalue weighted by Crippen LogP contribution is 1.87. The molecule has 0 aromatic carbocycles. The third kappa shape index (κ3) is 3.78. The minimum absolute atomic E-state index is 0.452. The Balaban J connectivity index is 3.90. The van der Waals surface area contributed by atoms with Gasteiger partial charge in [-0.25, -0.2) is 0 Å². The lowest BCUT2D eigenvalue weighted by atomic mass is 10.2. The summed E-state index contributed by atoms with van der Waals surface area (Å²) < 4.78 is 0. The fourth-order valence-electron chi connectivity index (χ4n) is 0.316. The molecule has 0 atom stereocenters. The van der Waals surface area contributed by atoms with Crippen LogP contribution in [0.4, 0.5) is 0 Å². The molecule has 0 amide bonds. The molecular weight excluding hydrogens is 124 g/mol. The van der Waals surface area contributed by atoms with Crippen LogP contribution in [0.3, 0.4) is 0 Å². The fraction of sp³-hybridized carbons (Fsp3) is 0.250. The highest BCUT2D eigenvalue weighted by atomic mass is 14.7. The van der Waals surface area contributed by atoms with Crippen molar-refractivity contribution in [2.24, 2.45) is 4.99 Å². The predicted molar refractivity (Wildman–Crippen MR) is 45.8 cm³/mol. The molecule has 0 spiro atoms. The summed E-state index contributed by atoms with van der Waals surface area (Å²) in [5.74, 6) is 0. The minimum atomic E-state index is 0.452. The van der Waals surface area contributed by atoms with E-state index in [9.17, 15) is 0 Å². The summed E-state index contributed by atoms with van der Waals surface area (Å²) in [7, 11) is 0. The molecule has 0 unspecified atom stereocenters. The number of aliphatic imine (C=N–C) groups is 1. The standard InChI is InChI=1S/C8H12N2/c1-4-5-10-6-7(2)8(3)9/h4-6,9H,2H2,1,3H3/b5-4-,9-8?,10-6?. The van der Waals surface area contributed by atoms with Gasteiger partial charge in [0.15, 0.2) is 0 Å². The van der Waals surface area contributed by atoms with E-state index >= 15 is 0 Å². The number of hydrogen-bond donors (Lipinski definition) is 1. The molecule has 0 aliphatic rings. The SMILES string of the molecule is C=C(C=N/C=C\C)C(C)=N. The van der Waals surface area contributed by atoms with Crippen LogP contribution in [0, 0.1) is 5.41 Å². The van der Waals surface area contributed by atoms with Gasteiger partial charge in [-0.05, 0) is 13.8 Å². The predicted octanol–water partition coefficient (Wildman–Crippen LogP) is 2.19. The van der Waals surface area contributed by atoms with Crippen molar-refractivity contribution in [2.45, 2.75) is 13.8 Å². The zero-order valence-corrected chi connectivity index (χ0v) is 6.39. The largest absolute Gasteiger partial charge is 0.305 e. The first-order valence-corrected chi connectivity index (χ1v) is 3.07.